The topological polar surface area (TPSA) is 79.5 Å². The molecular weight excluding hydrogens is 294 g/mol. The van der Waals surface area contributed by atoms with Gasteiger partial charge in [-0.2, -0.15) is 4.98 Å². The fourth-order valence-corrected chi connectivity index (χ4v) is 2.87. The van der Waals surface area contributed by atoms with Crippen LogP contribution in [0.4, 0.5) is 0 Å². The first kappa shape index (κ1) is 17.9. The third kappa shape index (κ3) is 4.77. The van der Waals surface area contributed by atoms with Crippen LogP contribution in [0, 0.1) is 5.92 Å². The van der Waals surface area contributed by atoms with E-state index in [1.165, 1.54) is 0 Å². The third-order valence-corrected chi connectivity index (χ3v) is 4.48. The largest absolute Gasteiger partial charge is 0.396 e. The summed E-state index contributed by atoms with van der Waals surface area (Å²) < 4.78 is 5.25. The second-order valence-corrected chi connectivity index (χ2v) is 7.64. The van der Waals surface area contributed by atoms with E-state index in [0.29, 0.717) is 37.5 Å². The van der Waals surface area contributed by atoms with Gasteiger partial charge in [0, 0.05) is 37.5 Å². The van der Waals surface area contributed by atoms with Crippen molar-refractivity contribution in [2.24, 2.45) is 5.92 Å². The van der Waals surface area contributed by atoms with Gasteiger partial charge in [-0.05, 0) is 32.1 Å². The molecule has 6 nitrogen and oxygen atoms in total. The molecule has 0 aliphatic carbocycles. The van der Waals surface area contributed by atoms with Gasteiger partial charge in [-0.15, -0.1) is 0 Å². The van der Waals surface area contributed by atoms with Crippen LogP contribution >= 0.6 is 0 Å². The Morgan fingerprint density at radius 2 is 2.13 bits per heavy atom. The first-order valence-electron chi connectivity index (χ1n) is 8.54. The zero-order valence-electron chi connectivity index (χ0n) is 14.7. The third-order valence-electron chi connectivity index (χ3n) is 4.48. The lowest BCUT2D eigenvalue weighted by Gasteiger charge is -2.37. The van der Waals surface area contributed by atoms with Crippen LogP contribution in [0.1, 0.15) is 65.1 Å². The Hall–Kier alpha value is -1.43. The van der Waals surface area contributed by atoms with E-state index in [-0.39, 0.29) is 29.9 Å². The number of hydrogen-bond donors (Lipinski definition) is 1. The van der Waals surface area contributed by atoms with Gasteiger partial charge in [0.2, 0.25) is 11.8 Å². The number of aromatic nitrogens is 2. The number of rotatable bonds is 5. The summed E-state index contributed by atoms with van der Waals surface area (Å²) >= 11 is 0. The van der Waals surface area contributed by atoms with Crippen molar-refractivity contribution in [1.82, 2.24) is 15.0 Å². The summed E-state index contributed by atoms with van der Waals surface area (Å²) in [7, 11) is 0. The molecule has 2 heterocycles. The van der Waals surface area contributed by atoms with Gasteiger partial charge in [-0.25, -0.2) is 0 Å². The summed E-state index contributed by atoms with van der Waals surface area (Å²) in [4.78, 5) is 18.7. The Bertz CT molecular complexity index is 521. The first-order valence-corrected chi connectivity index (χ1v) is 8.54. The summed E-state index contributed by atoms with van der Waals surface area (Å²) in [6.45, 7) is 9.04. The molecule has 1 aromatic heterocycles. The van der Waals surface area contributed by atoms with Crippen molar-refractivity contribution in [3.05, 3.63) is 11.7 Å². The number of aliphatic hydroxyl groups excluding tert-OH is 1. The molecule has 0 saturated carbocycles. The maximum Gasteiger partial charge on any atom is 0.226 e. The molecule has 6 heteroatoms. The van der Waals surface area contributed by atoms with Crippen LogP contribution < -0.4 is 0 Å². The lowest BCUT2D eigenvalue weighted by molar-refractivity contribution is -0.136. The molecule has 1 aliphatic heterocycles. The summed E-state index contributed by atoms with van der Waals surface area (Å²) in [5, 5.41) is 13.3. The zero-order valence-corrected chi connectivity index (χ0v) is 14.7. The van der Waals surface area contributed by atoms with Crippen LogP contribution in [0.25, 0.3) is 0 Å². The van der Waals surface area contributed by atoms with Crippen molar-refractivity contribution in [2.45, 2.75) is 71.3 Å². The Labute approximate surface area is 138 Å². The second kappa shape index (κ2) is 7.43. The Morgan fingerprint density at radius 3 is 2.74 bits per heavy atom. The predicted octanol–water partition coefficient (Wildman–Crippen LogP) is 2.31. The van der Waals surface area contributed by atoms with Crippen LogP contribution in [-0.4, -0.2) is 45.2 Å². The lowest BCUT2D eigenvalue weighted by Crippen LogP contribution is -2.46. The number of aryl methyl sites for hydroxylation is 1. The molecule has 1 aliphatic rings. The van der Waals surface area contributed by atoms with Gasteiger partial charge >= 0.3 is 0 Å². The number of nitrogens with zero attached hydrogens (tertiary/aromatic N) is 3. The molecule has 1 saturated heterocycles. The second-order valence-electron chi connectivity index (χ2n) is 7.64. The quantitative estimate of drug-likeness (QED) is 0.899. The van der Waals surface area contributed by atoms with E-state index in [1.807, 2.05) is 25.7 Å². The van der Waals surface area contributed by atoms with Crippen molar-refractivity contribution in [3.63, 3.8) is 0 Å². The smallest absolute Gasteiger partial charge is 0.226 e. The number of aliphatic hydroxyl groups is 1. The number of piperidine rings is 1. The van der Waals surface area contributed by atoms with Gasteiger partial charge in [-0.1, -0.05) is 25.9 Å². The summed E-state index contributed by atoms with van der Waals surface area (Å²) in [6.07, 6.45) is 3.78. The van der Waals surface area contributed by atoms with Crippen molar-refractivity contribution >= 4 is 5.91 Å². The molecule has 1 N–H and O–H groups in total. The number of likely N-dealkylation sites (tertiary alicyclic amines) is 1. The molecule has 2 rings (SSSR count). The van der Waals surface area contributed by atoms with Crippen LogP contribution in [0.3, 0.4) is 0 Å². The van der Waals surface area contributed by atoms with Gasteiger partial charge < -0.3 is 14.5 Å². The maximum absolute atomic E-state index is 12.4. The van der Waals surface area contributed by atoms with Crippen molar-refractivity contribution in [2.75, 3.05) is 13.2 Å². The van der Waals surface area contributed by atoms with E-state index < -0.39 is 0 Å². The Balaban J connectivity index is 1.81. The molecule has 2 unspecified atom stereocenters. The zero-order chi connectivity index (χ0) is 17.0. The van der Waals surface area contributed by atoms with Crippen molar-refractivity contribution < 1.29 is 14.4 Å². The first-order chi connectivity index (χ1) is 10.8. The van der Waals surface area contributed by atoms with Crippen LogP contribution in [0.2, 0.25) is 0 Å². The van der Waals surface area contributed by atoms with Gasteiger partial charge in [0.25, 0.3) is 0 Å². The van der Waals surface area contributed by atoms with E-state index in [9.17, 15) is 9.90 Å². The van der Waals surface area contributed by atoms with Crippen LogP contribution in [0.5, 0.6) is 0 Å². The van der Waals surface area contributed by atoms with Gasteiger partial charge in [0.05, 0.1) is 0 Å². The lowest BCUT2D eigenvalue weighted by atomic mass is 9.93. The molecule has 23 heavy (non-hydrogen) atoms. The van der Waals surface area contributed by atoms with Crippen molar-refractivity contribution in [3.8, 4) is 0 Å². The van der Waals surface area contributed by atoms with E-state index >= 15 is 0 Å². The highest BCUT2D eigenvalue weighted by atomic mass is 16.5. The van der Waals surface area contributed by atoms with E-state index in [0.717, 1.165) is 12.8 Å². The van der Waals surface area contributed by atoms with Gasteiger partial charge in [0.15, 0.2) is 5.82 Å². The normalized spacial score (nSPS) is 22.4. The standard InChI is InChI=1S/C17H29N3O3/c1-12-8-9-13(11-21)10-20(12)15(22)7-5-6-14-18-16(19-23-14)17(2,3)4/h12-13,21H,5-11H2,1-4H3. The molecule has 0 spiro atoms. The number of hydrogen-bond acceptors (Lipinski definition) is 5. The number of amides is 1. The van der Waals surface area contributed by atoms with Crippen LogP contribution in [-0.2, 0) is 16.6 Å². The highest BCUT2D eigenvalue weighted by molar-refractivity contribution is 5.76. The monoisotopic (exact) mass is 323 g/mol. The minimum absolute atomic E-state index is 0.125. The molecular formula is C17H29N3O3. The molecule has 0 radical (unpaired) electrons. The molecule has 2 atom stereocenters. The average Bonchev–Trinajstić information content (AvgIpc) is 2.96. The molecule has 130 valence electrons. The highest BCUT2D eigenvalue weighted by Crippen LogP contribution is 2.23. The minimum Gasteiger partial charge on any atom is -0.396 e. The SMILES string of the molecule is CC1CCC(CO)CN1C(=O)CCCc1nc(C(C)(C)C)no1. The Morgan fingerprint density at radius 1 is 1.39 bits per heavy atom. The summed E-state index contributed by atoms with van der Waals surface area (Å²) in [5.41, 5.74) is -0.125. The maximum atomic E-state index is 12.4. The Kier molecular flexibility index (Phi) is 5.79. The number of carbonyl (C=O) groups excluding carboxylic acids is 1. The predicted molar refractivity (Wildman–Crippen MR) is 86.9 cm³/mol. The highest BCUT2D eigenvalue weighted by Gasteiger charge is 2.28. The van der Waals surface area contributed by atoms with Crippen molar-refractivity contribution in [1.29, 1.82) is 0 Å². The number of carbonyl (C=O) groups is 1. The summed E-state index contributed by atoms with van der Waals surface area (Å²) in [6, 6.07) is 0.265. The van der Waals surface area contributed by atoms with E-state index in [4.69, 9.17) is 4.52 Å². The van der Waals surface area contributed by atoms with E-state index in [1.54, 1.807) is 0 Å². The molecule has 1 amide bonds. The van der Waals surface area contributed by atoms with E-state index in [2.05, 4.69) is 17.1 Å². The van der Waals surface area contributed by atoms with Crippen LogP contribution in [0.15, 0.2) is 4.52 Å². The van der Waals surface area contributed by atoms with Gasteiger partial charge in [0.1, 0.15) is 0 Å². The molecule has 0 aromatic carbocycles. The molecule has 0 bridgehead atoms. The average molecular weight is 323 g/mol. The molecule has 1 fully saturated rings. The van der Waals surface area contributed by atoms with Gasteiger partial charge in [-0.3, -0.25) is 4.79 Å². The summed E-state index contributed by atoms with van der Waals surface area (Å²) in [5.74, 6) is 1.68. The minimum atomic E-state index is -0.125. The fraction of sp³-hybridized carbons (Fsp3) is 0.824. The molecule has 1 aromatic rings. The fourth-order valence-electron chi connectivity index (χ4n) is 2.87.